The lowest BCUT2D eigenvalue weighted by molar-refractivity contribution is -0.252. The summed E-state index contributed by atoms with van der Waals surface area (Å²) >= 11 is 0. The molecule has 2 unspecified atom stereocenters. The molecule has 0 amide bonds. The van der Waals surface area contributed by atoms with Crippen molar-refractivity contribution in [3.63, 3.8) is 0 Å². The molecular weight excluding hydrogens is 528 g/mol. The van der Waals surface area contributed by atoms with Gasteiger partial charge in [0.25, 0.3) is 0 Å². The minimum Gasteiger partial charge on any atom is -0.463 e. The monoisotopic (exact) mass is 586 g/mol. The number of methoxy groups -OCH3 is 2. The van der Waals surface area contributed by atoms with Crippen molar-refractivity contribution in [3.8, 4) is 0 Å². The summed E-state index contributed by atoms with van der Waals surface area (Å²) in [7, 11) is 3.10. The molecule has 238 valence electrons. The molecule has 0 aromatic heterocycles. The van der Waals surface area contributed by atoms with Gasteiger partial charge in [-0.15, -0.1) is 0 Å². The molecule has 0 saturated heterocycles. The Labute approximate surface area is 255 Å². The third-order valence-electron chi connectivity index (χ3n) is 14.5. The van der Waals surface area contributed by atoms with Crippen LogP contribution in [0.25, 0.3) is 0 Å². The van der Waals surface area contributed by atoms with Gasteiger partial charge < -0.3 is 18.9 Å². The molecule has 0 aromatic carbocycles. The van der Waals surface area contributed by atoms with E-state index in [4.69, 9.17) is 18.9 Å². The molecular formula is C36H58O6. The van der Waals surface area contributed by atoms with Gasteiger partial charge in [-0.3, -0.25) is 0 Å². The number of hydrogen-bond acceptors (Lipinski definition) is 6. The first-order valence-electron chi connectivity index (χ1n) is 16.7. The van der Waals surface area contributed by atoms with Gasteiger partial charge in [-0.05, 0) is 117 Å². The fourth-order valence-corrected chi connectivity index (χ4v) is 12.4. The zero-order chi connectivity index (χ0) is 30.7. The third-order valence-corrected chi connectivity index (χ3v) is 14.5. The van der Waals surface area contributed by atoms with E-state index < -0.39 is 0 Å². The number of carbonyl (C=O) groups is 2. The van der Waals surface area contributed by atoms with Gasteiger partial charge in [-0.25, -0.2) is 9.59 Å². The maximum Gasteiger partial charge on any atom is 0.332 e. The summed E-state index contributed by atoms with van der Waals surface area (Å²) in [5.74, 6) is 2.31. The lowest BCUT2D eigenvalue weighted by Crippen LogP contribution is -2.67. The first kappa shape index (κ1) is 32.0. The molecule has 0 aromatic rings. The highest BCUT2D eigenvalue weighted by atomic mass is 16.6. The van der Waals surface area contributed by atoms with Gasteiger partial charge in [0.1, 0.15) is 19.3 Å². The van der Waals surface area contributed by atoms with Gasteiger partial charge in [-0.1, -0.05) is 46.8 Å². The third kappa shape index (κ3) is 4.71. The molecule has 5 rings (SSSR count). The molecule has 5 fully saturated rings. The Hall–Kier alpha value is -1.40. The van der Waals surface area contributed by atoms with E-state index in [9.17, 15) is 9.59 Å². The summed E-state index contributed by atoms with van der Waals surface area (Å²) in [6, 6.07) is 0. The smallest absolute Gasteiger partial charge is 0.332 e. The van der Waals surface area contributed by atoms with E-state index in [1.165, 1.54) is 37.7 Å². The van der Waals surface area contributed by atoms with Crippen LogP contribution in [-0.4, -0.2) is 52.1 Å². The molecule has 5 aliphatic rings. The van der Waals surface area contributed by atoms with Crippen molar-refractivity contribution in [2.75, 3.05) is 34.0 Å². The molecule has 42 heavy (non-hydrogen) atoms. The summed E-state index contributed by atoms with van der Waals surface area (Å²) < 4.78 is 22.1. The molecule has 5 saturated carbocycles. The second-order valence-corrected chi connectivity index (χ2v) is 16.4. The molecule has 6 nitrogen and oxygen atoms in total. The Kier molecular flexibility index (Phi) is 8.53. The van der Waals surface area contributed by atoms with Crippen LogP contribution in [0, 0.1) is 56.7 Å². The topological polar surface area (TPSA) is 71.1 Å². The Morgan fingerprint density at radius 1 is 0.762 bits per heavy atom. The first-order chi connectivity index (χ1) is 19.7. The van der Waals surface area contributed by atoms with Crippen LogP contribution in [-0.2, 0) is 28.5 Å². The minimum absolute atomic E-state index is 0.0219. The van der Waals surface area contributed by atoms with Crippen LogP contribution in [0.4, 0.5) is 0 Å². The van der Waals surface area contributed by atoms with Gasteiger partial charge in [0, 0.05) is 25.0 Å². The second-order valence-electron chi connectivity index (χ2n) is 16.4. The summed E-state index contributed by atoms with van der Waals surface area (Å²) in [6.07, 6.45) is 11.5. The van der Waals surface area contributed by atoms with Crippen molar-refractivity contribution >= 4 is 11.9 Å². The largest absolute Gasteiger partial charge is 0.463 e. The predicted octanol–water partition coefficient (Wildman–Crippen LogP) is 7.39. The standard InChI is InChI=1S/C36H58O6/c1-23(2)24-12-17-36(22-41-29(37)20-39-8)19-18-34(6)25(31(24)36)10-11-27-33(5)15-14-28(42-30(38)21-40-9)32(3,4)26(33)13-16-35(27,34)7/h24-28,31H,1,10-22H2,2-9H3/t24-,25?,26-,27+,28-,31?,33-,34+,35+,36+/m0/s1. The molecule has 0 radical (unpaired) electrons. The number of carbonyl (C=O) groups excluding carboxylic acids is 2. The van der Waals surface area contributed by atoms with Crippen LogP contribution >= 0.6 is 0 Å². The summed E-state index contributed by atoms with van der Waals surface area (Å²) in [5.41, 5.74) is 1.99. The Balaban J connectivity index is 1.44. The maximum absolute atomic E-state index is 12.4. The summed E-state index contributed by atoms with van der Waals surface area (Å²) in [4.78, 5) is 24.8. The highest BCUT2D eigenvalue weighted by Gasteiger charge is 2.71. The van der Waals surface area contributed by atoms with Gasteiger partial charge in [0.15, 0.2) is 0 Å². The average molecular weight is 587 g/mol. The number of hydrogen-bond donors (Lipinski definition) is 0. The fourth-order valence-electron chi connectivity index (χ4n) is 12.4. The van der Waals surface area contributed by atoms with Crippen LogP contribution in [0.1, 0.15) is 106 Å². The fraction of sp³-hybridized carbons (Fsp3) is 0.889. The highest BCUT2D eigenvalue weighted by molar-refractivity contribution is 5.71. The van der Waals surface area contributed by atoms with Crippen LogP contribution < -0.4 is 0 Å². The molecule has 0 spiro atoms. The predicted molar refractivity (Wildman–Crippen MR) is 164 cm³/mol. The number of rotatable bonds is 8. The van der Waals surface area contributed by atoms with Crippen molar-refractivity contribution in [2.24, 2.45) is 56.7 Å². The van der Waals surface area contributed by atoms with E-state index in [2.05, 4.69) is 48.1 Å². The van der Waals surface area contributed by atoms with Crippen molar-refractivity contribution in [1.29, 1.82) is 0 Å². The van der Waals surface area contributed by atoms with E-state index >= 15 is 0 Å². The summed E-state index contributed by atoms with van der Waals surface area (Å²) in [6.45, 7) is 19.9. The van der Waals surface area contributed by atoms with E-state index in [1.54, 1.807) is 14.2 Å². The Bertz CT molecular complexity index is 1070. The highest BCUT2D eigenvalue weighted by Crippen LogP contribution is 2.77. The quantitative estimate of drug-likeness (QED) is 0.218. The lowest BCUT2D eigenvalue weighted by Gasteiger charge is -2.73. The van der Waals surface area contributed by atoms with Crippen molar-refractivity contribution in [1.82, 2.24) is 0 Å². The minimum atomic E-state index is -0.245. The van der Waals surface area contributed by atoms with E-state index in [0.29, 0.717) is 36.2 Å². The zero-order valence-corrected chi connectivity index (χ0v) is 27.8. The van der Waals surface area contributed by atoms with E-state index in [1.807, 2.05) is 0 Å². The van der Waals surface area contributed by atoms with Crippen LogP contribution in [0.3, 0.4) is 0 Å². The number of allylic oxidation sites excluding steroid dienone is 1. The molecule has 5 aliphatic carbocycles. The van der Waals surface area contributed by atoms with Gasteiger partial charge in [0.05, 0.1) is 6.61 Å². The lowest BCUT2D eigenvalue weighted by atomic mass is 9.32. The maximum atomic E-state index is 12.4. The van der Waals surface area contributed by atoms with Crippen molar-refractivity contribution in [3.05, 3.63) is 12.2 Å². The molecule has 0 bridgehead atoms. The molecule has 0 aliphatic heterocycles. The van der Waals surface area contributed by atoms with Crippen molar-refractivity contribution in [2.45, 2.75) is 112 Å². The second kappa shape index (κ2) is 11.2. The normalized spacial score (nSPS) is 45.5. The summed E-state index contributed by atoms with van der Waals surface area (Å²) in [5, 5.41) is 0. The Morgan fingerprint density at radius 2 is 1.45 bits per heavy atom. The van der Waals surface area contributed by atoms with Gasteiger partial charge in [-0.2, -0.15) is 0 Å². The first-order valence-corrected chi connectivity index (χ1v) is 16.7. The van der Waals surface area contributed by atoms with E-state index in [0.717, 1.165) is 32.1 Å². The molecule has 6 heteroatoms. The van der Waals surface area contributed by atoms with Crippen LogP contribution in [0.2, 0.25) is 0 Å². The average Bonchev–Trinajstić information content (AvgIpc) is 3.30. The number of fused-ring (bicyclic) bond motifs is 7. The van der Waals surface area contributed by atoms with Crippen LogP contribution in [0.5, 0.6) is 0 Å². The van der Waals surface area contributed by atoms with Gasteiger partial charge in [0.2, 0.25) is 0 Å². The van der Waals surface area contributed by atoms with E-state index in [-0.39, 0.29) is 58.3 Å². The molecule has 0 heterocycles. The van der Waals surface area contributed by atoms with Crippen molar-refractivity contribution < 1.29 is 28.5 Å². The Morgan fingerprint density at radius 3 is 2.12 bits per heavy atom. The SMILES string of the molecule is C=C(C)[C@@H]1CC[C@]2(COC(=O)COC)CC[C@]3(C)C(CC[C@@H]4[C@@]5(C)CC[C@H](OC(=O)COC)C(C)(C)[C@@H]5CC[C@]43C)C12. The number of esters is 2. The molecule has 0 N–H and O–H groups in total. The zero-order valence-electron chi connectivity index (χ0n) is 27.8. The van der Waals surface area contributed by atoms with Crippen LogP contribution in [0.15, 0.2) is 12.2 Å². The van der Waals surface area contributed by atoms with Gasteiger partial charge >= 0.3 is 11.9 Å². The number of ether oxygens (including phenoxy) is 4. The molecule has 10 atom stereocenters.